The summed E-state index contributed by atoms with van der Waals surface area (Å²) in [4.78, 5) is 24.7. The quantitative estimate of drug-likeness (QED) is 0.146. The van der Waals surface area contributed by atoms with Crippen LogP contribution in [0, 0.1) is 0 Å². The fraction of sp³-hybridized carbons (Fsp3) is 0. The minimum atomic E-state index is 0.590. The Kier molecular flexibility index (Phi) is 9.88. The van der Waals surface area contributed by atoms with Crippen LogP contribution < -0.4 is 0 Å². The van der Waals surface area contributed by atoms with Crippen molar-refractivity contribution in [1.82, 2.24) is 24.9 Å². The Morgan fingerprint density at radius 2 is 0.483 bits per heavy atom. The Labute approximate surface area is 349 Å². The molecule has 10 aromatic rings. The molecule has 0 aliphatic carbocycles. The molecule has 0 aliphatic heterocycles. The molecule has 0 radical (unpaired) electrons. The Morgan fingerprint density at radius 1 is 0.200 bits per heavy atom. The summed E-state index contributed by atoms with van der Waals surface area (Å²) in [5.41, 5.74) is 15.5. The molecular weight excluding hydrogens is 731 g/mol. The molecule has 3 aromatic heterocycles. The Morgan fingerprint density at radius 3 is 0.850 bits per heavy atom. The van der Waals surface area contributed by atoms with Gasteiger partial charge in [-0.05, 0) is 87.0 Å². The maximum absolute atomic E-state index is 5.21. The highest BCUT2D eigenvalue weighted by molar-refractivity contribution is 5.82. The maximum Gasteiger partial charge on any atom is 0.164 e. The first-order valence-electron chi connectivity index (χ1n) is 20.0. The zero-order valence-corrected chi connectivity index (χ0v) is 32.6. The highest BCUT2D eigenvalue weighted by Crippen LogP contribution is 2.35. The van der Waals surface area contributed by atoms with E-state index in [-0.39, 0.29) is 0 Å². The summed E-state index contributed by atoms with van der Waals surface area (Å²) < 4.78 is 0. The maximum atomic E-state index is 5.21. The lowest BCUT2D eigenvalue weighted by atomic mass is 9.94. The monoisotopic (exact) mass is 767 g/mol. The van der Waals surface area contributed by atoms with E-state index in [2.05, 4.69) is 174 Å². The molecule has 0 saturated heterocycles. The van der Waals surface area contributed by atoms with Crippen LogP contribution in [0.3, 0.4) is 0 Å². The van der Waals surface area contributed by atoms with Gasteiger partial charge in [0.15, 0.2) is 17.5 Å². The standard InChI is InChI=1S/C55H37N5/c1-3-11-38(12-4-1)40-21-29-46(30-22-40)53-58-54(47-31-23-41(24-32-47)39-13-5-2-6-14-39)60-55(59-53)50-36-48(42-17-25-44(26-18-42)51-15-7-9-33-56-51)35-49(37-50)43-19-27-45(28-20-43)52-16-8-10-34-57-52/h1-37H. The molecule has 0 aliphatic rings. The third-order valence-electron chi connectivity index (χ3n) is 10.7. The molecule has 0 bridgehead atoms. The van der Waals surface area contributed by atoms with E-state index < -0.39 is 0 Å². The van der Waals surface area contributed by atoms with Gasteiger partial charge in [-0.3, -0.25) is 9.97 Å². The van der Waals surface area contributed by atoms with E-state index in [0.717, 1.165) is 83.7 Å². The van der Waals surface area contributed by atoms with Gasteiger partial charge in [-0.2, -0.15) is 0 Å². The van der Waals surface area contributed by atoms with Crippen LogP contribution in [0.25, 0.3) is 101 Å². The van der Waals surface area contributed by atoms with E-state index in [1.54, 1.807) is 0 Å². The second-order valence-electron chi connectivity index (χ2n) is 14.6. The van der Waals surface area contributed by atoms with Crippen molar-refractivity contribution in [3.05, 3.63) is 225 Å². The molecule has 0 amide bonds. The molecule has 0 N–H and O–H groups in total. The van der Waals surface area contributed by atoms with E-state index >= 15 is 0 Å². The van der Waals surface area contributed by atoms with Crippen LogP contribution in [0.15, 0.2) is 225 Å². The lowest BCUT2D eigenvalue weighted by Crippen LogP contribution is -2.01. The normalized spacial score (nSPS) is 11.0. The van der Waals surface area contributed by atoms with Crippen LogP contribution in [-0.2, 0) is 0 Å². The van der Waals surface area contributed by atoms with Crippen molar-refractivity contribution in [3.8, 4) is 101 Å². The van der Waals surface area contributed by atoms with Gasteiger partial charge in [-0.25, -0.2) is 15.0 Å². The number of nitrogens with zero attached hydrogens (tertiary/aromatic N) is 5. The number of pyridine rings is 2. The molecule has 0 saturated carbocycles. The fourth-order valence-corrected chi connectivity index (χ4v) is 7.47. The van der Waals surface area contributed by atoms with Crippen LogP contribution >= 0.6 is 0 Å². The van der Waals surface area contributed by atoms with Crippen molar-refractivity contribution in [3.63, 3.8) is 0 Å². The molecule has 60 heavy (non-hydrogen) atoms. The molecule has 10 rings (SSSR count). The van der Waals surface area contributed by atoms with Gasteiger partial charge in [0.05, 0.1) is 11.4 Å². The van der Waals surface area contributed by atoms with Crippen molar-refractivity contribution < 1.29 is 0 Å². The third kappa shape index (κ3) is 7.76. The van der Waals surface area contributed by atoms with Crippen molar-refractivity contribution >= 4 is 0 Å². The summed E-state index contributed by atoms with van der Waals surface area (Å²) in [6.45, 7) is 0. The molecule has 0 unspecified atom stereocenters. The van der Waals surface area contributed by atoms with Gasteiger partial charge in [0, 0.05) is 40.2 Å². The molecule has 282 valence electrons. The van der Waals surface area contributed by atoms with Crippen LogP contribution in [0.5, 0.6) is 0 Å². The topological polar surface area (TPSA) is 64.5 Å². The first-order chi connectivity index (χ1) is 29.7. The summed E-state index contributed by atoms with van der Waals surface area (Å²) >= 11 is 0. The van der Waals surface area contributed by atoms with Crippen molar-refractivity contribution in [2.75, 3.05) is 0 Å². The van der Waals surface area contributed by atoms with Crippen molar-refractivity contribution in [2.24, 2.45) is 0 Å². The van der Waals surface area contributed by atoms with Crippen LogP contribution in [0.1, 0.15) is 0 Å². The van der Waals surface area contributed by atoms with Gasteiger partial charge in [0.25, 0.3) is 0 Å². The molecular formula is C55H37N5. The van der Waals surface area contributed by atoms with E-state index in [1.165, 1.54) is 0 Å². The Hall–Kier alpha value is -8.15. The molecule has 5 nitrogen and oxygen atoms in total. The summed E-state index contributed by atoms with van der Waals surface area (Å²) in [5.74, 6) is 1.80. The number of rotatable bonds is 9. The summed E-state index contributed by atoms with van der Waals surface area (Å²) in [6.07, 6.45) is 3.65. The molecule has 3 heterocycles. The minimum absolute atomic E-state index is 0.590. The number of benzene rings is 7. The number of hydrogen-bond donors (Lipinski definition) is 0. The average molecular weight is 768 g/mol. The van der Waals surface area contributed by atoms with Gasteiger partial charge in [-0.15, -0.1) is 0 Å². The smallest absolute Gasteiger partial charge is 0.164 e. The highest BCUT2D eigenvalue weighted by Gasteiger charge is 2.16. The first-order valence-corrected chi connectivity index (χ1v) is 20.0. The minimum Gasteiger partial charge on any atom is -0.256 e. The summed E-state index contributed by atoms with van der Waals surface area (Å²) in [7, 11) is 0. The van der Waals surface area contributed by atoms with E-state index in [9.17, 15) is 0 Å². The van der Waals surface area contributed by atoms with Gasteiger partial charge in [-0.1, -0.05) is 170 Å². The molecule has 5 heteroatoms. The summed E-state index contributed by atoms with van der Waals surface area (Å²) in [6, 6.07) is 73.4. The summed E-state index contributed by atoms with van der Waals surface area (Å²) in [5, 5.41) is 0. The van der Waals surface area contributed by atoms with Gasteiger partial charge < -0.3 is 0 Å². The second kappa shape index (κ2) is 16.4. The average Bonchev–Trinajstić information content (AvgIpc) is 3.35. The number of hydrogen-bond acceptors (Lipinski definition) is 5. The third-order valence-corrected chi connectivity index (χ3v) is 10.7. The van der Waals surface area contributed by atoms with Crippen LogP contribution in [0.2, 0.25) is 0 Å². The van der Waals surface area contributed by atoms with Crippen molar-refractivity contribution in [2.45, 2.75) is 0 Å². The molecule has 0 fully saturated rings. The largest absolute Gasteiger partial charge is 0.256 e. The fourth-order valence-electron chi connectivity index (χ4n) is 7.47. The van der Waals surface area contributed by atoms with Crippen molar-refractivity contribution in [1.29, 1.82) is 0 Å². The zero-order chi connectivity index (χ0) is 40.1. The second-order valence-corrected chi connectivity index (χ2v) is 14.6. The first kappa shape index (κ1) is 36.2. The predicted octanol–water partition coefficient (Wildman–Crippen LogP) is 13.7. The SMILES string of the molecule is c1ccc(-c2ccc(-c3nc(-c4ccc(-c5ccccc5)cc4)nc(-c4cc(-c5ccc(-c6ccccn6)cc5)cc(-c5ccc(-c6ccccn6)cc5)c4)n3)cc2)cc1. The van der Waals surface area contributed by atoms with Gasteiger partial charge in [0.2, 0.25) is 0 Å². The Balaban J connectivity index is 1.11. The lowest BCUT2D eigenvalue weighted by Gasteiger charge is -2.13. The zero-order valence-electron chi connectivity index (χ0n) is 32.6. The molecule has 0 atom stereocenters. The molecule has 7 aromatic carbocycles. The van der Waals surface area contributed by atoms with E-state index in [1.807, 2.05) is 60.9 Å². The van der Waals surface area contributed by atoms with Gasteiger partial charge in [0.1, 0.15) is 0 Å². The van der Waals surface area contributed by atoms with Crippen LogP contribution in [0.4, 0.5) is 0 Å². The highest BCUT2D eigenvalue weighted by atomic mass is 15.0. The lowest BCUT2D eigenvalue weighted by molar-refractivity contribution is 1.07. The van der Waals surface area contributed by atoms with E-state index in [4.69, 9.17) is 15.0 Å². The molecule has 0 spiro atoms. The predicted molar refractivity (Wildman–Crippen MR) is 244 cm³/mol. The Bertz CT molecular complexity index is 2590. The van der Waals surface area contributed by atoms with Gasteiger partial charge >= 0.3 is 0 Å². The van der Waals surface area contributed by atoms with Crippen LogP contribution in [-0.4, -0.2) is 24.9 Å². The van der Waals surface area contributed by atoms with E-state index in [0.29, 0.717) is 17.5 Å². The number of aromatic nitrogens is 5.